The molecule has 0 aliphatic rings. The van der Waals surface area contributed by atoms with Crippen LogP contribution in [-0.4, -0.2) is 23.1 Å². The van der Waals surface area contributed by atoms with Crippen LogP contribution in [0.15, 0.2) is 24.3 Å². The summed E-state index contributed by atoms with van der Waals surface area (Å²) in [7, 11) is 1.01. The van der Waals surface area contributed by atoms with E-state index in [1.54, 1.807) is 0 Å². The molecule has 0 radical (unpaired) electrons. The summed E-state index contributed by atoms with van der Waals surface area (Å²) in [6.07, 6.45) is 0. The molecule has 1 aromatic carbocycles. The number of hydrogen-bond acceptors (Lipinski definition) is 2. The van der Waals surface area contributed by atoms with Gasteiger partial charge in [-0.05, 0) is 25.6 Å². The fourth-order valence-electron chi connectivity index (χ4n) is 1.21. The van der Waals surface area contributed by atoms with Crippen molar-refractivity contribution in [2.45, 2.75) is 18.7 Å². The molecule has 0 spiro atoms. The van der Waals surface area contributed by atoms with Gasteiger partial charge in [-0.3, -0.25) is 4.21 Å². The average molecular weight is 246 g/mol. The first-order chi connectivity index (χ1) is 7.13. The first-order valence-electron chi connectivity index (χ1n) is 4.89. The molecule has 0 saturated carbocycles. The first-order valence-corrected chi connectivity index (χ1v) is 6.75. The Labute approximate surface area is 98.5 Å². The molecule has 1 rings (SSSR count). The SMILES string of the molecule is CNC(C)CS(=O)Cc1ccccc1Cl. The molecular weight excluding hydrogens is 230 g/mol. The summed E-state index contributed by atoms with van der Waals surface area (Å²) < 4.78 is 11.7. The molecule has 0 bridgehead atoms. The fourth-order valence-corrected chi connectivity index (χ4v) is 2.93. The lowest BCUT2D eigenvalue weighted by atomic mass is 10.2. The molecule has 0 amide bonds. The van der Waals surface area contributed by atoms with Gasteiger partial charge in [0.25, 0.3) is 0 Å². The van der Waals surface area contributed by atoms with Crippen LogP contribution in [0.1, 0.15) is 12.5 Å². The molecule has 0 aliphatic carbocycles. The van der Waals surface area contributed by atoms with Crippen molar-refractivity contribution in [2.24, 2.45) is 0 Å². The van der Waals surface area contributed by atoms with Crippen LogP contribution in [0.25, 0.3) is 0 Å². The Morgan fingerprint density at radius 2 is 2.13 bits per heavy atom. The minimum Gasteiger partial charge on any atom is -0.316 e. The van der Waals surface area contributed by atoms with Gasteiger partial charge in [0.05, 0.1) is 5.75 Å². The summed E-state index contributed by atoms with van der Waals surface area (Å²) >= 11 is 5.99. The average Bonchev–Trinajstić information content (AvgIpc) is 2.21. The van der Waals surface area contributed by atoms with E-state index in [1.165, 1.54) is 0 Å². The van der Waals surface area contributed by atoms with Crippen LogP contribution in [0, 0.1) is 0 Å². The second kappa shape index (κ2) is 6.26. The van der Waals surface area contributed by atoms with Crippen molar-refractivity contribution in [3.63, 3.8) is 0 Å². The van der Waals surface area contributed by atoms with E-state index >= 15 is 0 Å². The van der Waals surface area contributed by atoms with Crippen LogP contribution in [-0.2, 0) is 16.6 Å². The monoisotopic (exact) mass is 245 g/mol. The normalized spacial score (nSPS) is 14.9. The Kier molecular flexibility index (Phi) is 5.29. The molecule has 4 heteroatoms. The van der Waals surface area contributed by atoms with Gasteiger partial charge in [-0.15, -0.1) is 0 Å². The van der Waals surface area contributed by atoms with Crippen LogP contribution >= 0.6 is 11.6 Å². The van der Waals surface area contributed by atoms with E-state index in [0.29, 0.717) is 16.5 Å². The Bertz CT molecular complexity index is 343. The predicted octanol–water partition coefficient (Wildman–Crippen LogP) is 2.20. The molecule has 0 aliphatic heterocycles. The van der Waals surface area contributed by atoms with E-state index in [1.807, 2.05) is 38.2 Å². The molecule has 0 heterocycles. The standard InChI is InChI=1S/C11H16ClNOS/c1-9(13-2)7-15(14)8-10-5-3-4-6-11(10)12/h3-6,9,13H,7-8H2,1-2H3. The molecule has 0 aromatic heterocycles. The first kappa shape index (κ1) is 12.7. The Morgan fingerprint density at radius 1 is 1.47 bits per heavy atom. The van der Waals surface area contributed by atoms with Crippen LogP contribution in [0.3, 0.4) is 0 Å². The van der Waals surface area contributed by atoms with Crippen molar-refractivity contribution in [3.05, 3.63) is 34.9 Å². The highest BCUT2D eigenvalue weighted by atomic mass is 35.5. The van der Waals surface area contributed by atoms with Crippen molar-refractivity contribution in [3.8, 4) is 0 Å². The summed E-state index contributed by atoms with van der Waals surface area (Å²) in [5.74, 6) is 1.19. The number of nitrogens with one attached hydrogen (secondary N) is 1. The molecule has 0 saturated heterocycles. The predicted molar refractivity (Wildman–Crippen MR) is 66.7 cm³/mol. The van der Waals surface area contributed by atoms with Crippen molar-refractivity contribution in [1.82, 2.24) is 5.32 Å². The summed E-state index contributed by atoms with van der Waals surface area (Å²) in [6.45, 7) is 2.02. The lowest BCUT2D eigenvalue weighted by molar-refractivity contribution is 0.645. The third kappa shape index (κ3) is 4.33. The van der Waals surface area contributed by atoms with Crippen LogP contribution in [0.2, 0.25) is 5.02 Å². The van der Waals surface area contributed by atoms with Crippen molar-refractivity contribution in [1.29, 1.82) is 0 Å². The Hall–Kier alpha value is -0.380. The van der Waals surface area contributed by atoms with E-state index in [4.69, 9.17) is 11.6 Å². The van der Waals surface area contributed by atoms with Crippen molar-refractivity contribution >= 4 is 22.4 Å². The van der Waals surface area contributed by atoms with E-state index in [2.05, 4.69) is 5.32 Å². The lowest BCUT2D eigenvalue weighted by Gasteiger charge is -2.10. The zero-order chi connectivity index (χ0) is 11.3. The summed E-state index contributed by atoms with van der Waals surface area (Å²) in [6, 6.07) is 7.82. The number of rotatable bonds is 5. The van der Waals surface area contributed by atoms with E-state index < -0.39 is 10.8 Å². The third-order valence-corrected chi connectivity index (χ3v) is 4.08. The van der Waals surface area contributed by atoms with Crippen LogP contribution < -0.4 is 5.32 Å². The van der Waals surface area contributed by atoms with Crippen molar-refractivity contribution < 1.29 is 4.21 Å². The molecule has 1 N–H and O–H groups in total. The number of halogens is 1. The van der Waals surface area contributed by atoms with Gasteiger partial charge < -0.3 is 5.32 Å². The minimum absolute atomic E-state index is 0.272. The maximum Gasteiger partial charge on any atom is 0.0501 e. The van der Waals surface area contributed by atoms with Gasteiger partial charge in [0.15, 0.2) is 0 Å². The maximum atomic E-state index is 11.7. The molecule has 2 atom stereocenters. The van der Waals surface area contributed by atoms with Crippen LogP contribution in [0.5, 0.6) is 0 Å². The van der Waals surface area contributed by atoms with Gasteiger partial charge in [-0.1, -0.05) is 29.8 Å². The molecular formula is C11H16ClNOS. The Balaban J connectivity index is 2.55. The topological polar surface area (TPSA) is 29.1 Å². The molecule has 2 unspecified atom stereocenters. The van der Waals surface area contributed by atoms with E-state index in [-0.39, 0.29) is 6.04 Å². The van der Waals surface area contributed by atoms with Gasteiger partial charge in [-0.25, -0.2) is 0 Å². The summed E-state index contributed by atoms with van der Waals surface area (Å²) in [5.41, 5.74) is 0.959. The molecule has 1 aromatic rings. The fraction of sp³-hybridized carbons (Fsp3) is 0.455. The van der Waals surface area contributed by atoms with E-state index in [0.717, 1.165) is 5.56 Å². The maximum absolute atomic E-state index is 11.7. The Morgan fingerprint density at radius 3 is 2.73 bits per heavy atom. The van der Waals surface area contributed by atoms with E-state index in [9.17, 15) is 4.21 Å². The zero-order valence-corrected chi connectivity index (χ0v) is 10.6. The smallest absolute Gasteiger partial charge is 0.0501 e. The second-order valence-corrected chi connectivity index (χ2v) is 5.44. The molecule has 0 fully saturated rings. The number of benzene rings is 1. The number of hydrogen-bond donors (Lipinski definition) is 1. The third-order valence-electron chi connectivity index (χ3n) is 2.20. The zero-order valence-electron chi connectivity index (χ0n) is 9.00. The largest absolute Gasteiger partial charge is 0.316 e. The van der Waals surface area contributed by atoms with Gasteiger partial charge in [0.1, 0.15) is 0 Å². The minimum atomic E-state index is -0.858. The van der Waals surface area contributed by atoms with Crippen molar-refractivity contribution in [2.75, 3.05) is 12.8 Å². The summed E-state index contributed by atoms with van der Waals surface area (Å²) in [4.78, 5) is 0. The van der Waals surface area contributed by atoms with Gasteiger partial charge in [0, 0.05) is 27.6 Å². The lowest BCUT2D eigenvalue weighted by Crippen LogP contribution is -2.27. The second-order valence-electron chi connectivity index (χ2n) is 3.53. The summed E-state index contributed by atoms with van der Waals surface area (Å²) in [5, 5.41) is 3.77. The quantitative estimate of drug-likeness (QED) is 0.862. The van der Waals surface area contributed by atoms with Crippen LogP contribution in [0.4, 0.5) is 0 Å². The molecule has 15 heavy (non-hydrogen) atoms. The molecule has 84 valence electrons. The van der Waals surface area contributed by atoms with Gasteiger partial charge in [0.2, 0.25) is 0 Å². The van der Waals surface area contributed by atoms with Gasteiger partial charge >= 0.3 is 0 Å². The van der Waals surface area contributed by atoms with Gasteiger partial charge in [-0.2, -0.15) is 0 Å². The highest BCUT2D eigenvalue weighted by Crippen LogP contribution is 2.16. The highest BCUT2D eigenvalue weighted by molar-refractivity contribution is 7.84. The molecule has 2 nitrogen and oxygen atoms in total. The highest BCUT2D eigenvalue weighted by Gasteiger charge is 2.08.